The number of ether oxygens (including phenoxy) is 1. The summed E-state index contributed by atoms with van der Waals surface area (Å²) in [6.45, 7) is 0.290. The van der Waals surface area contributed by atoms with E-state index in [1.807, 2.05) is 0 Å². The molecule has 0 spiro atoms. The van der Waals surface area contributed by atoms with Crippen LogP contribution in [-0.2, 0) is 6.42 Å². The molecule has 9 heteroatoms. The van der Waals surface area contributed by atoms with Crippen LogP contribution in [0.3, 0.4) is 0 Å². The minimum atomic E-state index is -0.625. The van der Waals surface area contributed by atoms with Gasteiger partial charge in [-0.15, -0.1) is 0 Å². The van der Waals surface area contributed by atoms with Crippen LogP contribution in [0.4, 0.5) is 9.18 Å². The van der Waals surface area contributed by atoms with E-state index >= 15 is 0 Å². The van der Waals surface area contributed by atoms with Gasteiger partial charge in [0, 0.05) is 32.3 Å². The molecule has 0 saturated carbocycles. The van der Waals surface area contributed by atoms with Crippen molar-refractivity contribution >= 4 is 23.0 Å². The Morgan fingerprint density at radius 3 is 2.70 bits per heavy atom. The van der Waals surface area contributed by atoms with Gasteiger partial charge in [-0.2, -0.15) is 0 Å². The number of pyridine rings is 1. The Morgan fingerprint density at radius 1 is 1.35 bits per heavy atom. The SMILES string of the molecule is CNC(=O)NCCc1c(C(=O)NC)[nH]c2cc(F)c(OC)nc12. The number of aromatic nitrogens is 2. The number of nitrogens with zero attached hydrogens (tertiary/aromatic N) is 1. The van der Waals surface area contributed by atoms with Crippen molar-refractivity contribution in [1.29, 1.82) is 0 Å². The Hall–Kier alpha value is -2.84. The number of halogens is 1. The van der Waals surface area contributed by atoms with Crippen LogP contribution in [0.1, 0.15) is 16.1 Å². The van der Waals surface area contributed by atoms with Crippen molar-refractivity contribution in [3.05, 3.63) is 23.1 Å². The number of H-pyrrole nitrogens is 1. The highest BCUT2D eigenvalue weighted by molar-refractivity contribution is 6.00. The van der Waals surface area contributed by atoms with Crippen molar-refractivity contribution in [3.8, 4) is 5.88 Å². The van der Waals surface area contributed by atoms with E-state index in [2.05, 4.69) is 25.9 Å². The first-order chi connectivity index (χ1) is 11.0. The number of nitrogens with one attached hydrogen (secondary N) is 4. The summed E-state index contributed by atoms with van der Waals surface area (Å²) in [6, 6.07) is 0.895. The second kappa shape index (κ2) is 6.95. The third kappa shape index (κ3) is 3.33. The summed E-state index contributed by atoms with van der Waals surface area (Å²) in [5.74, 6) is -1.13. The minimum absolute atomic E-state index is 0.152. The van der Waals surface area contributed by atoms with Gasteiger partial charge in [-0.05, 0) is 6.42 Å². The molecule has 124 valence electrons. The monoisotopic (exact) mass is 323 g/mol. The van der Waals surface area contributed by atoms with Gasteiger partial charge < -0.3 is 25.7 Å². The molecule has 0 bridgehead atoms. The highest BCUT2D eigenvalue weighted by Gasteiger charge is 2.20. The fourth-order valence-electron chi connectivity index (χ4n) is 2.22. The second-order valence-electron chi connectivity index (χ2n) is 4.69. The van der Waals surface area contributed by atoms with E-state index in [9.17, 15) is 14.0 Å². The van der Waals surface area contributed by atoms with Gasteiger partial charge in [0.15, 0.2) is 5.82 Å². The summed E-state index contributed by atoms with van der Waals surface area (Å²) in [5.41, 5.74) is 1.67. The van der Waals surface area contributed by atoms with Gasteiger partial charge in [0.05, 0.1) is 18.1 Å². The van der Waals surface area contributed by atoms with E-state index in [4.69, 9.17) is 4.74 Å². The van der Waals surface area contributed by atoms with Gasteiger partial charge in [-0.1, -0.05) is 0 Å². The number of urea groups is 1. The molecule has 0 aliphatic rings. The summed E-state index contributed by atoms with van der Waals surface area (Å²) in [4.78, 5) is 30.2. The topological polar surface area (TPSA) is 108 Å². The molecule has 0 saturated heterocycles. The van der Waals surface area contributed by atoms with Crippen LogP contribution in [0.5, 0.6) is 5.88 Å². The first-order valence-corrected chi connectivity index (χ1v) is 6.94. The molecule has 0 fully saturated rings. The number of aromatic amines is 1. The minimum Gasteiger partial charge on any atom is -0.479 e. The average Bonchev–Trinajstić information content (AvgIpc) is 2.90. The number of carbonyl (C=O) groups is 2. The predicted octanol–water partition coefficient (Wildman–Crippen LogP) is 0.542. The Balaban J connectivity index is 2.44. The quantitative estimate of drug-likeness (QED) is 0.644. The maximum Gasteiger partial charge on any atom is 0.314 e. The van der Waals surface area contributed by atoms with Gasteiger partial charge in [0.2, 0.25) is 0 Å². The van der Waals surface area contributed by atoms with Gasteiger partial charge in [-0.3, -0.25) is 4.79 Å². The van der Waals surface area contributed by atoms with Crippen molar-refractivity contribution in [1.82, 2.24) is 25.9 Å². The largest absolute Gasteiger partial charge is 0.479 e. The van der Waals surface area contributed by atoms with Crippen molar-refractivity contribution in [2.45, 2.75) is 6.42 Å². The molecule has 0 atom stereocenters. The lowest BCUT2D eigenvalue weighted by atomic mass is 10.1. The zero-order chi connectivity index (χ0) is 17.0. The van der Waals surface area contributed by atoms with Crippen LogP contribution in [-0.4, -0.2) is 49.7 Å². The van der Waals surface area contributed by atoms with Crippen molar-refractivity contribution < 1.29 is 18.7 Å². The van der Waals surface area contributed by atoms with Gasteiger partial charge in [0.1, 0.15) is 5.69 Å². The predicted molar refractivity (Wildman–Crippen MR) is 82.2 cm³/mol. The smallest absolute Gasteiger partial charge is 0.314 e. The number of hydrogen-bond donors (Lipinski definition) is 4. The first-order valence-electron chi connectivity index (χ1n) is 6.94. The molecule has 0 aliphatic carbocycles. The van der Waals surface area contributed by atoms with Gasteiger partial charge in [0.25, 0.3) is 11.8 Å². The maximum atomic E-state index is 13.8. The third-order valence-electron chi connectivity index (χ3n) is 3.33. The standard InChI is InChI=1S/C14H18FN5O3/c1-16-12(21)11-7(4-5-18-14(22)17-2)10-9(19-11)6-8(15)13(20-10)23-3/h6,19H,4-5H2,1-3H3,(H,16,21)(H2,17,18,22). The van der Waals surface area contributed by atoms with Crippen LogP contribution in [0, 0.1) is 5.82 Å². The molecule has 4 N–H and O–H groups in total. The normalized spacial score (nSPS) is 10.4. The van der Waals surface area contributed by atoms with Crippen molar-refractivity contribution in [2.24, 2.45) is 0 Å². The van der Waals surface area contributed by atoms with E-state index in [1.54, 1.807) is 0 Å². The molecule has 0 aliphatic heterocycles. The molecule has 0 radical (unpaired) electrons. The molecule has 0 unspecified atom stereocenters. The summed E-state index contributed by atoms with van der Waals surface area (Å²) in [6.07, 6.45) is 0.345. The van der Waals surface area contributed by atoms with E-state index in [1.165, 1.54) is 27.3 Å². The fraction of sp³-hybridized carbons (Fsp3) is 0.357. The summed E-state index contributed by atoms with van der Waals surface area (Å²) in [7, 11) is 4.32. The zero-order valence-corrected chi connectivity index (χ0v) is 13.0. The molecule has 8 nitrogen and oxygen atoms in total. The zero-order valence-electron chi connectivity index (χ0n) is 13.0. The molecular weight excluding hydrogens is 305 g/mol. The number of carbonyl (C=O) groups excluding carboxylic acids is 2. The van der Waals surface area contributed by atoms with Gasteiger partial charge >= 0.3 is 6.03 Å². The summed E-state index contributed by atoms with van der Waals surface area (Å²) >= 11 is 0. The first kappa shape index (κ1) is 16.5. The molecule has 0 aromatic carbocycles. The second-order valence-corrected chi connectivity index (χ2v) is 4.69. The highest BCUT2D eigenvalue weighted by atomic mass is 19.1. The van der Waals surface area contributed by atoms with Crippen molar-refractivity contribution in [2.75, 3.05) is 27.7 Å². The lowest BCUT2D eigenvalue weighted by molar-refractivity contribution is 0.0958. The Labute approximate surface area is 131 Å². The van der Waals surface area contributed by atoms with E-state index in [-0.39, 0.29) is 30.1 Å². The molecule has 2 rings (SSSR count). The van der Waals surface area contributed by atoms with Crippen LogP contribution >= 0.6 is 0 Å². The molecule has 2 heterocycles. The van der Waals surface area contributed by atoms with Crippen LogP contribution in [0.2, 0.25) is 0 Å². The maximum absolute atomic E-state index is 13.8. The summed E-state index contributed by atoms with van der Waals surface area (Å²) < 4.78 is 18.7. The lowest BCUT2D eigenvalue weighted by Gasteiger charge is -2.06. The highest BCUT2D eigenvalue weighted by Crippen LogP contribution is 2.26. The average molecular weight is 323 g/mol. The molecular formula is C14H18FN5O3. The van der Waals surface area contributed by atoms with E-state index in [0.29, 0.717) is 23.0 Å². The van der Waals surface area contributed by atoms with Crippen LogP contribution in [0.25, 0.3) is 11.0 Å². The third-order valence-corrected chi connectivity index (χ3v) is 3.33. The molecule has 3 amide bonds. The fourth-order valence-corrected chi connectivity index (χ4v) is 2.22. The molecule has 23 heavy (non-hydrogen) atoms. The Bertz CT molecular complexity index is 744. The number of amides is 3. The van der Waals surface area contributed by atoms with E-state index in [0.717, 1.165) is 0 Å². The Kier molecular flexibility index (Phi) is 4.99. The van der Waals surface area contributed by atoms with Crippen LogP contribution < -0.4 is 20.7 Å². The van der Waals surface area contributed by atoms with E-state index < -0.39 is 5.82 Å². The van der Waals surface area contributed by atoms with Crippen molar-refractivity contribution in [3.63, 3.8) is 0 Å². The Morgan fingerprint density at radius 2 is 2.09 bits per heavy atom. The number of methoxy groups -OCH3 is 1. The number of hydrogen-bond acceptors (Lipinski definition) is 4. The van der Waals surface area contributed by atoms with Gasteiger partial charge in [-0.25, -0.2) is 14.2 Å². The number of fused-ring (bicyclic) bond motifs is 1. The molecule has 2 aromatic heterocycles. The molecule has 2 aromatic rings. The van der Waals surface area contributed by atoms with Crippen LogP contribution in [0.15, 0.2) is 6.07 Å². The number of rotatable bonds is 5. The summed E-state index contributed by atoms with van der Waals surface area (Å²) in [5, 5.41) is 7.58. The lowest BCUT2D eigenvalue weighted by Crippen LogP contribution is -2.34.